The standard InChI is InChI=1S/C13H12FN3OS/c14-10-3-8-1-2-13(18)17-11(8)4-12(10)16-6-9-5-15-7-19-9/h3-5,7,16H,1-2,6H2,(H,17,18). The molecule has 1 aromatic carbocycles. The molecule has 2 aromatic rings. The van der Waals surface area contributed by atoms with Gasteiger partial charge in [0.15, 0.2) is 0 Å². The number of thiazole rings is 1. The first kappa shape index (κ1) is 12.1. The summed E-state index contributed by atoms with van der Waals surface area (Å²) in [6.45, 7) is 0.522. The molecule has 1 aliphatic rings. The molecule has 0 aliphatic carbocycles. The van der Waals surface area contributed by atoms with E-state index >= 15 is 0 Å². The molecule has 6 heteroatoms. The molecule has 1 aliphatic heterocycles. The van der Waals surface area contributed by atoms with Gasteiger partial charge in [-0.2, -0.15) is 0 Å². The lowest BCUT2D eigenvalue weighted by atomic mass is 10.0. The number of nitrogens with one attached hydrogen (secondary N) is 2. The van der Waals surface area contributed by atoms with Crippen LogP contribution in [0.4, 0.5) is 15.8 Å². The van der Waals surface area contributed by atoms with Crippen LogP contribution in [0.2, 0.25) is 0 Å². The van der Waals surface area contributed by atoms with E-state index in [0.717, 1.165) is 10.4 Å². The Hall–Kier alpha value is -1.95. The lowest BCUT2D eigenvalue weighted by Crippen LogP contribution is -2.19. The Bertz CT molecular complexity index is 613. The second-order valence-electron chi connectivity index (χ2n) is 4.36. The third-order valence-corrected chi connectivity index (χ3v) is 3.80. The lowest BCUT2D eigenvalue weighted by Gasteiger charge is -2.18. The quantitative estimate of drug-likeness (QED) is 0.907. The van der Waals surface area contributed by atoms with Crippen molar-refractivity contribution >= 4 is 28.6 Å². The van der Waals surface area contributed by atoms with Crippen LogP contribution in [-0.4, -0.2) is 10.9 Å². The molecule has 0 unspecified atom stereocenters. The predicted molar refractivity (Wildman–Crippen MR) is 72.8 cm³/mol. The van der Waals surface area contributed by atoms with E-state index in [4.69, 9.17) is 0 Å². The zero-order chi connectivity index (χ0) is 13.2. The third kappa shape index (κ3) is 2.58. The van der Waals surface area contributed by atoms with Crippen LogP contribution in [-0.2, 0) is 17.8 Å². The zero-order valence-corrected chi connectivity index (χ0v) is 10.9. The molecule has 0 saturated carbocycles. The monoisotopic (exact) mass is 277 g/mol. The van der Waals surface area contributed by atoms with Crippen LogP contribution in [0.1, 0.15) is 16.9 Å². The Kier molecular flexibility index (Phi) is 3.16. The van der Waals surface area contributed by atoms with Crippen molar-refractivity contribution in [2.45, 2.75) is 19.4 Å². The van der Waals surface area contributed by atoms with E-state index in [1.54, 1.807) is 17.8 Å². The maximum absolute atomic E-state index is 13.9. The number of carbonyl (C=O) groups excluding carboxylic acids is 1. The van der Waals surface area contributed by atoms with Gasteiger partial charge in [0.25, 0.3) is 0 Å². The molecule has 0 radical (unpaired) electrons. The predicted octanol–water partition coefficient (Wildman–Crippen LogP) is 2.78. The zero-order valence-electron chi connectivity index (χ0n) is 10.1. The van der Waals surface area contributed by atoms with Crippen molar-refractivity contribution in [3.05, 3.63) is 40.1 Å². The number of hydrogen-bond donors (Lipinski definition) is 2. The van der Waals surface area contributed by atoms with Crippen LogP contribution in [0.5, 0.6) is 0 Å². The van der Waals surface area contributed by atoms with Gasteiger partial charge in [0.05, 0.1) is 17.7 Å². The summed E-state index contributed by atoms with van der Waals surface area (Å²) in [6, 6.07) is 3.15. The topological polar surface area (TPSA) is 54.0 Å². The van der Waals surface area contributed by atoms with Gasteiger partial charge in [0.1, 0.15) is 5.82 Å². The van der Waals surface area contributed by atoms with Gasteiger partial charge in [-0.25, -0.2) is 4.39 Å². The molecular weight excluding hydrogens is 265 g/mol. The third-order valence-electron chi connectivity index (χ3n) is 3.02. The van der Waals surface area contributed by atoms with Crippen LogP contribution < -0.4 is 10.6 Å². The number of hydrogen-bond acceptors (Lipinski definition) is 4. The largest absolute Gasteiger partial charge is 0.378 e. The Balaban J connectivity index is 1.81. The summed E-state index contributed by atoms with van der Waals surface area (Å²) in [7, 11) is 0. The van der Waals surface area contributed by atoms with Crippen molar-refractivity contribution in [2.24, 2.45) is 0 Å². The van der Waals surface area contributed by atoms with Gasteiger partial charge < -0.3 is 10.6 Å². The molecule has 3 rings (SSSR count). The van der Waals surface area contributed by atoms with Crippen LogP contribution in [0.15, 0.2) is 23.8 Å². The van der Waals surface area contributed by atoms with E-state index in [2.05, 4.69) is 15.6 Å². The molecule has 1 aromatic heterocycles. The average Bonchev–Trinajstić information content (AvgIpc) is 2.90. The molecular formula is C13H12FN3OS. The van der Waals surface area contributed by atoms with Crippen molar-refractivity contribution < 1.29 is 9.18 Å². The Morgan fingerprint density at radius 2 is 2.32 bits per heavy atom. The summed E-state index contributed by atoms with van der Waals surface area (Å²) in [4.78, 5) is 16.3. The number of rotatable bonds is 3. The van der Waals surface area contributed by atoms with Gasteiger partial charge in [-0.3, -0.25) is 9.78 Å². The number of nitrogens with zero attached hydrogens (tertiary/aromatic N) is 1. The Morgan fingerprint density at radius 1 is 1.42 bits per heavy atom. The molecule has 0 fully saturated rings. The number of aryl methyl sites for hydroxylation is 1. The molecule has 0 spiro atoms. The lowest BCUT2D eigenvalue weighted by molar-refractivity contribution is -0.116. The van der Waals surface area contributed by atoms with Crippen molar-refractivity contribution in [3.63, 3.8) is 0 Å². The maximum atomic E-state index is 13.9. The van der Waals surface area contributed by atoms with Gasteiger partial charge >= 0.3 is 0 Å². The highest BCUT2D eigenvalue weighted by atomic mass is 32.1. The van der Waals surface area contributed by atoms with Gasteiger partial charge in [-0.1, -0.05) is 0 Å². The normalized spacial score (nSPS) is 13.8. The van der Waals surface area contributed by atoms with Gasteiger partial charge in [-0.15, -0.1) is 11.3 Å². The van der Waals surface area contributed by atoms with Crippen LogP contribution >= 0.6 is 11.3 Å². The number of fused-ring (bicyclic) bond motifs is 1. The smallest absolute Gasteiger partial charge is 0.224 e. The second kappa shape index (κ2) is 4.97. The van der Waals surface area contributed by atoms with E-state index in [1.807, 2.05) is 0 Å². The minimum Gasteiger partial charge on any atom is -0.378 e. The minimum absolute atomic E-state index is 0.0208. The van der Waals surface area contributed by atoms with Crippen molar-refractivity contribution in [3.8, 4) is 0 Å². The van der Waals surface area contributed by atoms with Gasteiger partial charge in [0, 0.05) is 23.2 Å². The molecule has 0 atom stereocenters. The molecule has 98 valence electrons. The number of benzene rings is 1. The molecule has 0 bridgehead atoms. The highest BCUT2D eigenvalue weighted by Crippen LogP contribution is 2.29. The Labute approximate surface area is 113 Å². The van der Waals surface area contributed by atoms with Crippen molar-refractivity contribution in [1.82, 2.24) is 4.98 Å². The first-order valence-electron chi connectivity index (χ1n) is 5.96. The number of anilines is 2. The molecule has 0 saturated heterocycles. The number of halogens is 1. The number of aromatic nitrogens is 1. The number of carbonyl (C=O) groups is 1. The average molecular weight is 277 g/mol. The SMILES string of the molecule is O=C1CCc2cc(F)c(NCc3cncs3)cc2N1. The molecule has 4 nitrogen and oxygen atoms in total. The summed E-state index contributed by atoms with van der Waals surface area (Å²) < 4.78 is 13.9. The fourth-order valence-corrected chi connectivity index (χ4v) is 2.58. The van der Waals surface area contributed by atoms with Gasteiger partial charge in [-0.05, 0) is 24.1 Å². The van der Waals surface area contributed by atoms with E-state index in [-0.39, 0.29) is 11.7 Å². The van der Waals surface area contributed by atoms with Crippen LogP contribution in [0.25, 0.3) is 0 Å². The summed E-state index contributed by atoms with van der Waals surface area (Å²) in [5, 5.41) is 5.79. The van der Waals surface area contributed by atoms with Crippen molar-refractivity contribution in [2.75, 3.05) is 10.6 Å². The highest BCUT2D eigenvalue weighted by molar-refractivity contribution is 7.09. The summed E-state index contributed by atoms with van der Waals surface area (Å²) in [5.41, 5.74) is 3.68. The fraction of sp³-hybridized carbons (Fsp3) is 0.231. The minimum atomic E-state index is -0.292. The first-order chi connectivity index (χ1) is 9.22. The molecule has 1 amide bonds. The van der Waals surface area contributed by atoms with E-state index in [9.17, 15) is 9.18 Å². The fourth-order valence-electron chi connectivity index (χ4n) is 2.05. The molecule has 2 N–H and O–H groups in total. The van der Waals surface area contributed by atoms with E-state index < -0.39 is 0 Å². The van der Waals surface area contributed by atoms with Crippen LogP contribution in [0.3, 0.4) is 0 Å². The van der Waals surface area contributed by atoms with Gasteiger partial charge in [0.2, 0.25) is 5.91 Å². The van der Waals surface area contributed by atoms with E-state index in [0.29, 0.717) is 30.8 Å². The summed E-state index contributed by atoms with van der Waals surface area (Å²) >= 11 is 1.51. The summed E-state index contributed by atoms with van der Waals surface area (Å²) in [6.07, 6.45) is 2.75. The summed E-state index contributed by atoms with van der Waals surface area (Å²) in [5.74, 6) is -0.313. The first-order valence-corrected chi connectivity index (χ1v) is 6.84. The maximum Gasteiger partial charge on any atom is 0.224 e. The molecule has 19 heavy (non-hydrogen) atoms. The van der Waals surface area contributed by atoms with E-state index in [1.165, 1.54) is 17.4 Å². The molecule has 2 heterocycles. The Morgan fingerprint density at radius 3 is 3.11 bits per heavy atom. The highest BCUT2D eigenvalue weighted by Gasteiger charge is 2.17. The van der Waals surface area contributed by atoms with Crippen molar-refractivity contribution in [1.29, 1.82) is 0 Å². The van der Waals surface area contributed by atoms with Crippen LogP contribution in [0, 0.1) is 5.82 Å². The second-order valence-corrected chi connectivity index (χ2v) is 5.33. The number of amides is 1.